The monoisotopic (exact) mass is 520 g/mol. The Morgan fingerprint density at radius 1 is 0.676 bits per heavy atom. The van der Waals surface area contributed by atoms with Crippen molar-refractivity contribution in [1.82, 2.24) is 0 Å². The van der Waals surface area contributed by atoms with E-state index >= 15 is 0 Å². The van der Waals surface area contributed by atoms with Crippen LogP contribution < -0.4 is 0 Å². The number of allylic oxidation sites excluding steroid dienone is 2. The Hall–Kier alpha value is -1.58. The summed E-state index contributed by atoms with van der Waals surface area (Å²) in [4.78, 5) is 22.9. The largest absolute Gasteiger partial charge is 0.481 e. The van der Waals surface area contributed by atoms with Gasteiger partial charge in [0.1, 0.15) is 6.61 Å². The van der Waals surface area contributed by atoms with Gasteiger partial charge in [-0.05, 0) is 25.7 Å². The average Bonchev–Trinajstić information content (AvgIpc) is 2.89. The van der Waals surface area contributed by atoms with Gasteiger partial charge in [-0.1, -0.05) is 154 Å². The molecule has 0 aliphatic heterocycles. The van der Waals surface area contributed by atoms with Gasteiger partial charge in [-0.15, -0.1) is 0 Å². The molecule has 1 unspecified atom stereocenters. The zero-order valence-electron chi connectivity index (χ0n) is 24.4. The van der Waals surface area contributed by atoms with Crippen molar-refractivity contribution in [3.8, 4) is 0 Å². The SMILES string of the molecule is C=CCOC(=O)CC(CC/C=C/CCCCCCCCCCCCCCCCCCCCCC)C(=O)O. The molecule has 0 saturated heterocycles. The predicted octanol–water partition coefficient (Wildman–Crippen LogP) is 10.4. The topological polar surface area (TPSA) is 63.6 Å². The standard InChI is InChI=1S/C33H60O4/c1-3-5-6-7-8-9-10-11-12-13-14-15-16-17-18-19-20-21-22-23-24-25-26-27-28-31(33(35)36)30-32(34)37-29-4-2/h4,25-26,31H,2-3,5-24,27-30H2,1H3,(H,35,36)/b26-25+. The smallest absolute Gasteiger partial charge is 0.307 e. The highest BCUT2D eigenvalue weighted by molar-refractivity contribution is 5.78. The normalized spacial score (nSPS) is 12.1. The van der Waals surface area contributed by atoms with Crippen molar-refractivity contribution in [2.45, 2.75) is 161 Å². The van der Waals surface area contributed by atoms with Crippen LogP contribution in [0.25, 0.3) is 0 Å². The zero-order chi connectivity index (χ0) is 27.2. The number of carboxylic acid groups (broad SMARTS) is 1. The van der Waals surface area contributed by atoms with E-state index in [1.807, 2.05) is 0 Å². The van der Waals surface area contributed by atoms with Crippen molar-refractivity contribution >= 4 is 11.9 Å². The highest BCUT2D eigenvalue weighted by Crippen LogP contribution is 2.16. The van der Waals surface area contributed by atoms with Crippen LogP contribution in [0.2, 0.25) is 0 Å². The number of hydrogen-bond donors (Lipinski definition) is 1. The van der Waals surface area contributed by atoms with Crippen molar-refractivity contribution in [3.05, 3.63) is 24.8 Å². The fraction of sp³-hybridized carbons (Fsp3) is 0.818. The molecule has 0 aromatic carbocycles. The van der Waals surface area contributed by atoms with Crippen LogP contribution in [-0.2, 0) is 14.3 Å². The van der Waals surface area contributed by atoms with E-state index in [1.165, 1.54) is 134 Å². The fourth-order valence-corrected chi connectivity index (χ4v) is 4.78. The molecule has 0 spiro atoms. The molecule has 0 aliphatic rings. The van der Waals surface area contributed by atoms with E-state index < -0.39 is 17.9 Å². The Kier molecular flexibility index (Phi) is 27.7. The van der Waals surface area contributed by atoms with Crippen LogP contribution in [0.1, 0.15) is 161 Å². The molecule has 0 aliphatic carbocycles. The molecule has 0 aromatic heterocycles. The number of aliphatic carboxylic acids is 1. The molecule has 0 aromatic rings. The van der Waals surface area contributed by atoms with Gasteiger partial charge < -0.3 is 9.84 Å². The second-order valence-electron chi connectivity index (χ2n) is 10.8. The van der Waals surface area contributed by atoms with Crippen LogP contribution in [0.5, 0.6) is 0 Å². The van der Waals surface area contributed by atoms with Crippen LogP contribution in [0, 0.1) is 5.92 Å². The molecule has 1 N–H and O–H groups in total. The lowest BCUT2D eigenvalue weighted by atomic mass is 9.99. The summed E-state index contributed by atoms with van der Waals surface area (Å²) in [5.41, 5.74) is 0. The summed E-state index contributed by atoms with van der Waals surface area (Å²) in [7, 11) is 0. The Bertz CT molecular complexity index is 555. The van der Waals surface area contributed by atoms with E-state index in [1.54, 1.807) is 0 Å². The van der Waals surface area contributed by atoms with Crippen LogP contribution >= 0.6 is 0 Å². The summed E-state index contributed by atoms with van der Waals surface area (Å²) < 4.78 is 4.89. The second kappa shape index (κ2) is 29.0. The number of rotatable bonds is 29. The highest BCUT2D eigenvalue weighted by Gasteiger charge is 2.21. The first kappa shape index (κ1) is 35.4. The van der Waals surface area contributed by atoms with E-state index in [2.05, 4.69) is 25.7 Å². The molecule has 0 amide bonds. The number of esters is 1. The predicted molar refractivity (Wildman–Crippen MR) is 158 cm³/mol. The zero-order valence-corrected chi connectivity index (χ0v) is 24.4. The molecule has 0 bridgehead atoms. The van der Waals surface area contributed by atoms with E-state index in [4.69, 9.17) is 4.74 Å². The summed E-state index contributed by atoms with van der Waals surface area (Å²) in [5, 5.41) is 9.28. The van der Waals surface area contributed by atoms with Gasteiger partial charge in [0, 0.05) is 0 Å². The number of carboxylic acids is 1. The molecule has 0 fully saturated rings. The van der Waals surface area contributed by atoms with Gasteiger partial charge in [-0.2, -0.15) is 0 Å². The number of ether oxygens (including phenoxy) is 1. The molecule has 0 saturated carbocycles. The van der Waals surface area contributed by atoms with E-state index in [9.17, 15) is 14.7 Å². The van der Waals surface area contributed by atoms with Crippen LogP contribution in [0.15, 0.2) is 24.8 Å². The van der Waals surface area contributed by atoms with Crippen LogP contribution in [-0.4, -0.2) is 23.7 Å². The van der Waals surface area contributed by atoms with E-state index in [-0.39, 0.29) is 13.0 Å². The van der Waals surface area contributed by atoms with Crippen molar-refractivity contribution in [2.75, 3.05) is 6.61 Å². The van der Waals surface area contributed by atoms with Gasteiger partial charge >= 0.3 is 11.9 Å². The Labute approximate surface area is 229 Å². The molecule has 0 rings (SSSR count). The van der Waals surface area contributed by atoms with Crippen molar-refractivity contribution in [3.63, 3.8) is 0 Å². The first-order valence-electron chi connectivity index (χ1n) is 15.8. The molecular formula is C33H60O4. The lowest BCUT2D eigenvalue weighted by molar-refractivity contribution is -0.151. The maximum Gasteiger partial charge on any atom is 0.307 e. The van der Waals surface area contributed by atoms with Gasteiger partial charge in [0.25, 0.3) is 0 Å². The first-order chi connectivity index (χ1) is 18.1. The maximum absolute atomic E-state index is 11.6. The van der Waals surface area contributed by atoms with Crippen molar-refractivity contribution in [1.29, 1.82) is 0 Å². The highest BCUT2D eigenvalue weighted by atomic mass is 16.5. The molecule has 0 heterocycles. The van der Waals surface area contributed by atoms with Gasteiger partial charge in [-0.3, -0.25) is 9.59 Å². The third kappa shape index (κ3) is 27.3. The van der Waals surface area contributed by atoms with Crippen LogP contribution in [0.4, 0.5) is 0 Å². The Morgan fingerprint density at radius 3 is 1.49 bits per heavy atom. The van der Waals surface area contributed by atoms with E-state index in [0.29, 0.717) is 12.8 Å². The lowest BCUT2D eigenvalue weighted by Gasteiger charge is -2.10. The maximum atomic E-state index is 11.6. The van der Waals surface area contributed by atoms with Crippen molar-refractivity contribution in [2.24, 2.45) is 5.92 Å². The molecule has 216 valence electrons. The van der Waals surface area contributed by atoms with Gasteiger partial charge in [0.2, 0.25) is 0 Å². The minimum absolute atomic E-state index is 0.0730. The molecule has 4 heteroatoms. The molecule has 37 heavy (non-hydrogen) atoms. The lowest BCUT2D eigenvalue weighted by Crippen LogP contribution is -2.19. The van der Waals surface area contributed by atoms with Gasteiger partial charge in [-0.25, -0.2) is 0 Å². The van der Waals surface area contributed by atoms with Crippen LogP contribution in [0.3, 0.4) is 0 Å². The Morgan fingerprint density at radius 2 is 1.08 bits per heavy atom. The third-order valence-electron chi connectivity index (χ3n) is 7.20. The van der Waals surface area contributed by atoms with Gasteiger partial charge in [0.05, 0.1) is 12.3 Å². The first-order valence-corrected chi connectivity index (χ1v) is 15.8. The number of hydrogen-bond acceptors (Lipinski definition) is 3. The van der Waals surface area contributed by atoms with E-state index in [0.717, 1.165) is 6.42 Å². The second-order valence-corrected chi connectivity index (χ2v) is 10.8. The molecule has 4 nitrogen and oxygen atoms in total. The number of unbranched alkanes of at least 4 members (excludes halogenated alkanes) is 20. The summed E-state index contributed by atoms with van der Waals surface area (Å²) in [6.07, 6.45) is 35.8. The number of carbonyl (C=O) groups excluding carboxylic acids is 1. The van der Waals surface area contributed by atoms with Crippen molar-refractivity contribution < 1.29 is 19.4 Å². The number of carbonyl (C=O) groups is 2. The summed E-state index contributed by atoms with van der Waals surface area (Å²) in [5.74, 6) is -2.08. The average molecular weight is 521 g/mol. The quantitative estimate of drug-likeness (QED) is 0.0605. The minimum Gasteiger partial charge on any atom is -0.481 e. The molecular weight excluding hydrogens is 460 g/mol. The summed E-state index contributed by atoms with van der Waals surface area (Å²) >= 11 is 0. The summed E-state index contributed by atoms with van der Waals surface area (Å²) in [6, 6.07) is 0. The van der Waals surface area contributed by atoms with Gasteiger partial charge in [0.15, 0.2) is 0 Å². The molecule has 1 atom stereocenters. The molecule has 0 radical (unpaired) electrons. The minimum atomic E-state index is -0.932. The third-order valence-corrected chi connectivity index (χ3v) is 7.20. The summed E-state index contributed by atoms with van der Waals surface area (Å²) in [6.45, 7) is 5.90. The Balaban J connectivity index is 3.37. The fourth-order valence-electron chi connectivity index (χ4n) is 4.78.